The SMILES string of the molecule is Cc1nn(Cc2noc(C3CC3)n2)cc1C(=O)O. The van der Waals surface area contributed by atoms with Crippen LogP contribution in [0.1, 0.15) is 46.5 Å². The van der Waals surface area contributed by atoms with E-state index < -0.39 is 5.97 Å². The van der Waals surface area contributed by atoms with E-state index in [-0.39, 0.29) is 5.56 Å². The maximum atomic E-state index is 10.9. The van der Waals surface area contributed by atoms with Gasteiger partial charge in [0.1, 0.15) is 12.1 Å². The number of carboxylic acids is 1. The Hall–Kier alpha value is -2.18. The standard InChI is InChI=1S/C11H12N4O3/c1-6-8(11(16)17)4-15(13-6)5-9-12-10(18-14-9)7-2-3-7/h4,7H,2-3,5H2,1H3,(H,16,17). The van der Waals surface area contributed by atoms with Gasteiger partial charge in [0.25, 0.3) is 0 Å². The Bertz CT molecular complexity index is 597. The van der Waals surface area contributed by atoms with E-state index in [2.05, 4.69) is 15.2 Å². The molecule has 1 fully saturated rings. The van der Waals surface area contributed by atoms with Gasteiger partial charge in [-0.1, -0.05) is 5.16 Å². The summed E-state index contributed by atoms with van der Waals surface area (Å²) in [6.07, 6.45) is 3.68. The van der Waals surface area contributed by atoms with Crippen molar-refractivity contribution in [3.63, 3.8) is 0 Å². The van der Waals surface area contributed by atoms with Crippen LogP contribution in [0, 0.1) is 6.92 Å². The highest BCUT2D eigenvalue weighted by Gasteiger charge is 2.29. The quantitative estimate of drug-likeness (QED) is 0.873. The molecule has 1 aliphatic carbocycles. The van der Waals surface area contributed by atoms with E-state index in [9.17, 15) is 4.79 Å². The number of hydrogen-bond donors (Lipinski definition) is 1. The molecule has 0 aromatic carbocycles. The van der Waals surface area contributed by atoms with Crippen LogP contribution in [0.3, 0.4) is 0 Å². The van der Waals surface area contributed by atoms with Crippen LogP contribution in [0.5, 0.6) is 0 Å². The maximum absolute atomic E-state index is 10.9. The van der Waals surface area contributed by atoms with Crippen molar-refractivity contribution >= 4 is 5.97 Å². The first-order valence-electron chi connectivity index (χ1n) is 5.73. The second-order valence-electron chi connectivity index (χ2n) is 4.45. The highest BCUT2D eigenvalue weighted by atomic mass is 16.5. The normalized spacial score (nSPS) is 14.9. The monoisotopic (exact) mass is 248 g/mol. The van der Waals surface area contributed by atoms with Gasteiger partial charge in [0, 0.05) is 12.1 Å². The van der Waals surface area contributed by atoms with Crippen LogP contribution >= 0.6 is 0 Å². The number of aromatic carboxylic acids is 1. The summed E-state index contributed by atoms with van der Waals surface area (Å²) in [6, 6.07) is 0. The molecular weight excluding hydrogens is 236 g/mol. The third kappa shape index (κ3) is 1.99. The minimum absolute atomic E-state index is 0.195. The Morgan fingerprint density at radius 1 is 1.61 bits per heavy atom. The Labute approximate surface area is 102 Å². The summed E-state index contributed by atoms with van der Waals surface area (Å²) in [4.78, 5) is 15.2. The smallest absolute Gasteiger partial charge is 0.339 e. The molecule has 1 saturated carbocycles. The Kier molecular flexibility index (Phi) is 2.39. The molecule has 18 heavy (non-hydrogen) atoms. The fourth-order valence-corrected chi connectivity index (χ4v) is 1.78. The van der Waals surface area contributed by atoms with E-state index in [4.69, 9.17) is 9.63 Å². The first-order chi connectivity index (χ1) is 8.63. The van der Waals surface area contributed by atoms with E-state index in [0.29, 0.717) is 29.9 Å². The van der Waals surface area contributed by atoms with E-state index in [1.807, 2.05) is 0 Å². The average Bonchev–Trinajstić information content (AvgIpc) is 2.95. The lowest BCUT2D eigenvalue weighted by Crippen LogP contribution is -2.02. The Morgan fingerprint density at radius 2 is 2.39 bits per heavy atom. The summed E-state index contributed by atoms with van der Waals surface area (Å²) < 4.78 is 6.64. The molecule has 1 aliphatic rings. The summed E-state index contributed by atoms with van der Waals surface area (Å²) in [6.45, 7) is 1.98. The zero-order valence-electron chi connectivity index (χ0n) is 9.83. The predicted octanol–water partition coefficient (Wildman–Crippen LogP) is 1.20. The molecule has 3 rings (SSSR count). The molecule has 94 valence electrons. The van der Waals surface area contributed by atoms with Crippen molar-refractivity contribution in [2.75, 3.05) is 0 Å². The van der Waals surface area contributed by atoms with Crippen LogP contribution in [0.25, 0.3) is 0 Å². The third-order valence-corrected chi connectivity index (χ3v) is 2.89. The number of nitrogens with zero attached hydrogens (tertiary/aromatic N) is 4. The second kappa shape index (κ2) is 3.94. The lowest BCUT2D eigenvalue weighted by molar-refractivity contribution is 0.0696. The first-order valence-corrected chi connectivity index (χ1v) is 5.73. The molecule has 0 atom stereocenters. The second-order valence-corrected chi connectivity index (χ2v) is 4.45. The lowest BCUT2D eigenvalue weighted by atomic mass is 10.3. The molecular formula is C11H12N4O3. The summed E-state index contributed by atoms with van der Waals surface area (Å²) >= 11 is 0. The molecule has 2 aromatic heterocycles. The van der Waals surface area contributed by atoms with Crippen molar-refractivity contribution in [2.24, 2.45) is 0 Å². The molecule has 7 nitrogen and oxygen atoms in total. The molecule has 0 spiro atoms. The fourth-order valence-electron chi connectivity index (χ4n) is 1.78. The van der Waals surface area contributed by atoms with Gasteiger partial charge in [-0.05, 0) is 19.8 Å². The van der Waals surface area contributed by atoms with Gasteiger partial charge in [0.05, 0.1) is 5.69 Å². The van der Waals surface area contributed by atoms with Crippen LogP contribution < -0.4 is 0 Å². The zero-order chi connectivity index (χ0) is 12.7. The molecule has 0 amide bonds. The number of carboxylic acid groups (broad SMARTS) is 1. The molecule has 0 saturated heterocycles. The minimum atomic E-state index is -0.981. The van der Waals surface area contributed by atoms with Crippen molar-refractivity contribution in [2.45, 2.75) is 32.2 Å². The van der Waals surface area contributed by atoms with Gasteiger partial charge in [-0.2, -0.15) is 10.1 Å². The summed E-state index contributed by atoms with van der Waals surface area (Å²) in [7, 11) is 0. The number of rotatable bonds is 4. The van der Waals surface area contributed by atoms with Gasteiger partial charge >= 0.3 is 5.97 Å². The van der Waals surface area contributed by atoms with Gasteiger partial charge in [0.2, 0.25) is 5.89 Å². The highest BCUT2D eigenvalue weighted by molar-refractivity contribution is 5.88. The summed E-state index contributed by atoms with van der Waals surface area (Å²) in [5, 5.41) is 16.9. The van der Waals surface area contributed by atoms with Crippen molar-refractivity contribution in [1.82, 2.24) is 19.9 Å². The molecule has 0 unspecified atom stereocenters. The number of aromatic nitrogens is 4. The topological polar surface area (TPSA) is 94.0 Å². The molecule has 0 radical (unpaired) electrons. The van der Waals surface area contributed by atoms with Crippen LogP contribution in [0.2, 0.25) is 0 Å². The van der Waals surface area contributed by atoms with Crippen molar-refractivity contribution in [3.8, 4) is 0 Å². The fraction of sp³-hybridized carbons (Fsp3) is 0.455. The van der Waals surface area contributed by atoms with E-state index in [0.717, 1.165) is 12.8 Å². The number of aryl methyl sites for hydroxylation is 1. The third-order valence-electron chi connectivity index (χ3n) is 2.89. The Morgan fingerprint density at radius 3 is 3.00 bits per heavy atom. The van der Waals surface area contributed by atoms with Crippen molar-refractivity contribution < 1.29 is 14.4 Å². The minimum Gasteiger partial charge on any atom is -0.478 e. The van der Waals surface area contributed by atoms with Crippen LogP contribution in [0.4, 0.5) is 0 Å². The molecule has 1 N–H and O–H groups in total. The van der Waals surface area contributed by atoms with Gasteiger partial charge in [-0.25, -0.2) is 4.79 Å². The van der Waals surface area contributed by atoms with Gasteiger partial charge in [-0.3, -0.25) is 4.68 Å². The molecule has 2 aromatic rings. The van der Waals surface area contributed by atoms with Gasteiger partial charge in [0.15, 0.2) is 5.82 Å². The molecule has 7 heteroatoms. The highest BCUT2D eigenvalue weighted by Crippen LogP contribution is 2.38. The van der Waals surface area contributed by atoms with Crippen molar-refractivity contribution in [3.05, 3.63) is 29.2 Å². The van der Waals surface area contributed by atoms with Gasteiger partial charge < -0.3 is 9.63 Å². The molecule has 2 heterocycles. The molecule has 0 aliphatic heterocycles. The number of carbonyl (C=O) groups is 1. The molecule has 0 bridgehead atoms. The lowest BCUT2D eigenvalue weighted by Gasteiger charge is -1.93. The maximum Gasteiger partial charge on any atom is 0.339 e. The number of hydrogen-bond acceptors (Lipinski definition) is 5. The summed E-state index contributed by atoms with van der Waals surface area (Å²) in [5.41, 5.74) is 0.675. The van der Waals surface area contributed by atoms with Gasteiger partial charge in [-0.15, -0.1) is 0 Å². The van der Waals surface area contributed by atoms with E-state index >= 15 is 0 Å². The van der Waals surface area contributed by atoms with E-state index in [1.54, 1.807) is 6.92 Å². The average molecular weight is 248 g/mol. The van der Waals surface area contributed by atoms with E-state index in [1.165, 1.54) is 10.9 Å². The van der Waals surface area contributed by atoms with Crippen molar-refractivity contribution in [1.29, 1.82) is 0 Å². The van der Waals surface area contributed by atoms with Crippen LogP contribution in [0.15, 0.2) is 10.7 Å². The zero-order valence-corrected chi connectivity index (χ0v) is 9.83. The Balaban J connectivity index is 1.78. The largest absolute Gasteiger partial charge is 0.478 e. The first kappa shape index (κ1) is 10.9. The van der Waals surface area contributed by atoms with Crippen LogP contribution in [-0.2, 0) is 6.54 Å². The summed E-state index contributed by atoms with van der Waals surface area (Å²) in [5.74, 6) is 0.634. The van der Waals surface area contributed by atoms with Crippen LogP contribution in [-0.4, -0.2) is 31.0 Å². The predicted molar refractivity (Wildman–Crippen MR) is 59.3 cm³/mol.